The Morgan fingerprint density at radius 2 is 2.24 bits per heavy atom. The summed E-state index contributed by atoms with van der Waals surface area (Å²) in [7, 11) is 1.63. The summed E-state index contributed by atoms with van der Waals surface area (Å²) in [6, 6.07) is 3.77. The van der Waals surface area contributed by atoms with Crippen LogP contribution < -0.4 is 14.8 Å². The maximum Gasteiger partial charge on any atom is 0.246 e. The van der Waals surface area contributed by atoms with Gasteiger partial charge in [-0.1, -0.05) is 0 Å². The quantitative estimate of drug-likeness (QED) is 0.801. The summed E-state index contributed by atoms with van der Waals surface area (Å²) in [6.07, 6.45) is 6.35. The first-order valence-corrected chi connectivity index (χ1v) is 8.16. The SMILES string of the molecule is COc1c(OCCCn2ccnc2)ccc2c1CN1CC(=O)NC1=N2. The molecule has 1 amide bonds. The third-order valence-corrected chi connectivity index (χ3v) is 4.24. The topological polar surface area (TPSA) is 81.0 Å². The summed E-state index contributed by atoms with van der Waals surface area (Å²) in [5.74, 6) is 1.95. The first kappa shape index (κ1) is 15.5. The summed E-state index contributed by atoms with van der Waals surface area (Å²) in [4.78, 5) is 22.0. The van der Waals surface area contributed by atoms with Crippen LogP contribution in [0.5, 0.6) is 11.5 Å². The number of carbonyl (C=O) groups excluding carboxylic acids is 1. The molecule has 25 heavy (non-hydrogen) atoms. The van der Waals surface area contributed by atoms with Crippen LogP contribution in [0, 0.1) is 0 Å². The van der Waals surface area contributed by atoms with Crippen LogP contribution in [-0.4, -0.2) is 46.6 Å². The second-order valence-electron chi connectivity index (χ2n) is 5.94. The molecule has 0 atom stereocenters. The lowest BCUT2D eigenvalue weighted by molar-refractivity contribution is -0.118. The van der Waals surface area contributed by atoms with Gasteiger partial charge in [0.2, 0.25) is 11.9 Å². The average Bonchev–Trinajstić information content (AvgIpc) is 3.24. The molecule has 1 saturated heterocycles. The second-order valence-corrected chi connectivity index (χ2v) is 5.94. The first-order valence-electron chi connectivity index (χ1n) is 8.16. The van der Waals surface area contributed by atoms with E-state index in [4.69, 9.17) is 9.47 Å². The van der Waals surface area contributed by atoms with E-state index >= 15 is 0 Å². The molecule has 8 nitrogen and oxygen atoms in total. The van der Waals surface area contributed by atoms with Crippen molar-refractivity contribution in [1.29, 1.82) is 0 Å². The Hall–Kier alpha value is -3.03. The van der Waals surface area contributed by atoms with Crippen molar-refractivity contribution in [3.05, 3.63) is 36.4 Å². The number of rotatable bonds is 6. The Morgan fingerprint density at radius 3 is 3.04 bits per heavy atom. The molecule has 4 rings (SSSR count). The summed E-state index contributed by atoms with van der Waals surface area (Å²) >= 11 is 0. The molecular weight excluding hydrogens is 322 g/mol. The van der Waals surface area contributed by atoms with Crippen LogP contribution >= 0.6 is 0 Å². The minimum Gasteiger partial charge on any atom is -0.492 e. The molecule has 3 heterocycles. The van der Waals surface area contributed by atoms with Crippen LogP contribution in [0.4, 0.5) is 5.69 Å². The van der Waals surface area contributed by atoms with Crippen LogP contribution in [0.1, 0.15) is 12.0 Å². The molecule has 2 aliphatic heterocycles. The number of nitrogens with one attached hydrogen (secondary N) is 1. The molecule has 0 aliphatic carbocycles. The zero-order valence-electron chi connectivity index (χ0n) is 13.9. The van der Waals surface area contributed by atoms with Crippen molar-refractivity contribution < 1.29 is 14.3 Å². The predicted octanol–water partition coefficient (Wildman–Crippen LogP) is 1.29. The number of hydrogen-bond acceptors (Lipinski definition) is 6. The molecule has 0 bridgehead atoms. The third kappa shape index (κ3) is 3.02. The van der Waals surface area contributed by atoms with Gasteiger partial charge in [0.15, 0.2) is 11.5 Å². The molecule has 8 heteroatoms. The Bertz CT molecular complexity index is 816. The molecule has 2 aliphatic rings. The lowest BCUT2D eigenvalue weighted by Gasteiger charge is -2.25. The number of ether oxygens (including phenoxy) is 2. The number of methoxy groups -OCH3 is 1. The molecular formula is C17H19N5O3. The smallest absolute Gasteiger partial charge is 0.246 e. The van der Waals surface area contributed by atoms with Gasteiger partial charge in [0.05, 0.1) is 32.3 Å². The number of imidazole rings is 1. The summed E-state index contributed by atoms with van der Waals surface area (Å²) in [6.45, 7) is 2.31. The van der Waals surface area contributed by atoms with Crippen molar-refractivity contribution in [1.82, 2.24) is 19.8 Å². The first-order chi connectivity index (χ1) is 12.2. The second kappa shape index (κ2) is 6.46. The van der Waals surface area contributed by atoms with Crippen LogP contribution in [-0.2, 0) is 17.9 Å². The molecule has 130 valence electrons. The van der Waals surface area contributed by atoms with Crippen molar-refractivity contribution in [3.8, 4) is 11.5 Å². The number of aliphatic imine (C=N–C) groups is 1. The number of hydrogen-bond donors (Lipinski definition) is 1. The highest BCUT2D eigenvalue weighted by Crippen LogP contribution is 2.40. The zero-order valence-corrected chi connectivity index (χ0v) is 13.9. The highest BCUT2D eigenvalue weighted by atomic mass is 16.5. The van der Waals surface area contributed by atoms with E-state index in [1.165, 1.54) is 0 Å². The summed E-state index contributed by atoms with van der Waals surface area (Å²) < 4.78 is 13.5. The maximum absolute atomic E-state index is 11.6. The van der Waals surface area contributed by atoms with Crippen LogP contribution in [0.2, 0.25) is 0 Å². The van der Waals surface area contributed by atoms with Crippen molar-refractivity contribution >= 4 is 17.6 Å². The van der Waals surface area contributed by atoms with Gasteiger partial charge in [0, 0.05) is 24.5 Å². The largest absolute Gasteiger partial charge is 0.492 e. The maximum atomic E-state index is 11.6. The minimum absolute atomic E-state index is 0.0403. The van der Waals surface area contributed by atoms with Gasteiger partial charge in [-0.2, -0.15) is 0 Å². The van der Waals surface area contributed by atoms with Crippen molar-refractivity contribution in [2.24, 2.45) is 4.99 Å². The highest BCUT2D eigenvalue weighted by Gasteiger charge is 2.31. The number of carbonyl (C=O) groups is 1. The van der Waals surface area contributed by atoms with E-state index in [1.807, 2.05) is 27.8 Å². The van der Waals surface area contributed by atoms with Gasteiger partial charge in [-0.15, -0.1) is 0 Å². The lowest BCUT2D eigenvalue weighted by Crippen LogP contribution is -2.32. The summed E-state index contributed by atoms with van der Waals surface area (Å²) in [5, 5.41) is 2.76. The molecule has 1 N–H and O–H groups in total. The van der Waals surface area contributed by atoms with E-state index < -0.39 is 0 Å². The fourth-order valence-electron chi connectivity index (χ4n) is 3.07. The van der Waals surface area contributed by atoms with Crippen molar-refractivity contribution in [2.45, 2.75) is 19.5 Å². The van der Waals surface area contributed by atoms with Gasteiger partial charge in [-0.3, -0.25) is 10.1 Å². The fourth-order valence-corrected chi connectivity index (χ4v) is 3.07. The van der Waals surface area contributed by atoms with Gasteiger partial charge in [0.25, 0.3) is 0 Å². The van der Waals surface area contributed by atoms with Crippen molar-refractivity contribution in [2.75, 3.05) is 20.3 Å². The molecule has 1 aromatic heterocycles. The Balaban J connectivity index is 1.47. The normalized spacial score (nSPS) is 15.3. The van der Waals surface area contributed by atoms with E-state index in [0.29, 0.717) is 37.2 Å². The fraction of sp³-hybridized carbons (Fsp3) is 0.353. The molecule has 1 aromatic carbocycles. The standard InChI is InChI=1S/C17H19N5O3/c1-24-16-12-9-22-10-15(23)20-17(22)19-13(12)3-4-14(16)25-8-2-6-21-7-5-18-11-21/h3-5,7,11H,2,6,8-10H2,1H3,(H,19,20,23). The van der Waals surface area contributed by atoms with Gasteiger partial charge >= 0.3 is 0 Å². The lowest BCUT2D eigenvalue weighted by atomic mass is 10.1. The van der Waals surface area contributed by atoms with E-state index in [2.05, 4.69) is 15.3 Å². The molecule has 2 aromatic rings. The van der Waals surface area contributed by atoms with Crippen molar-refractivity contribution in [3.63, 3.8) is 0 Å². The number of aromatic nitrogens is 2. The van der Waals surface area contributed by atoms with Gasteiger partial charge < -0.3 is 18.9 Å². The Kier molecular flexibility index (Phi) is 4.01. The van der Waals surface area contributed by atoms with Crippen LogP contribution in [0.25, 0.3) is 0 Å². The minimum atomic E-state index is -0.0403. The predicted molar refractivity (Wildman–Crippen MR) is 91.0 cm³/mol. The average molecular weight is 341 g/mol. The molecule has 0 spiro atoms. The van der Waals surface area contributed by atoms with Crippen LogP contribution in [0.15, 0.2) is 35.8 Å². The van der Waals surface area contributed by atoms with E-state index in [-0.39, 0.29) is 5.91 Å². The summed E-state index contributed by atoms with van der Waals surface area (Å²) in [5.41, 5.74) is 1.74. The number of fused-ring (bicyclic) bond motifs is 2. The molecule has 0 saturated carbocycles. The molecule has 1 fully saturated rings. The Morgan fingerprint density at radius 1 is 1.32 bits per heavy atom. The number of aryl methyl sites for hydroxylation is 1. The number of benzene rings is 1. The monoisotopic (exact) mass is 341 g/mol. The molecule has 0 radical (unpaired) electrons. The number of amides is 1. The number of guanidine groups is 1. The number of nitrogens with zero attached hydrogens (tertiary/aromatic N) is 4. The third-order valence-electron chi connectivity index (χ3n) is 4.24. The van der Waals surface area contributed by atoms with Gasteiger partial charge in [-0.05, 0) is 18.6 Å². The van der Waals surface area contributed by atoms with Gasteiger partial charge in [-0.25, -0.2) is 9.98 Å². The molecule has 0 unspecified atom stereocenters. The van der Waals surface area contributed by atoms with E-state index in [1.54, 1.807) is 19.6 Å². The highest BCUT2D eigenvalue weighted by molar-refractivity contribution is 6.06. The van der Waals surface area contributed by atoms with E-state index in [9.17, 15) is 4.79 Å². The van der Waals surface area contributed by atoms with Gasteiger partial charge in [0.1, 0.15) is 6.54 Å². The zero-order chi connectivity index (χ0) is 17.2. The van der Waals surface area contributed by atoms with Crippen LogP contribution in [0.3, 0.4) is 0 Å². The van der Waals surface area contributed by atoms with E-state index in [0.717, 1.165) is 24.2 Å². The Labute approximate surface area is 145 Å².